The van der Waals surface area contributed by atoms with E-state index in [-0.39, 0.29) is 17.7 Å². The number of nitrogens with zero attached hydrogens (tertiary/aromatic N) is 1. The number of carbonyl (C=O) groups is 1. The van der Waals surface area contributed by atoms with Crippen molar-refractivity contribution >= 4 is 23.7 Å². The van der Waals surface area contributed by atoms with Gasteiger partial charge < -0.3 is 9.84 Å². The van der Waals surface area contributed by atoms with E-state index in [1.54, 1.807) is 18.2 Å². The summed E-state index contributed by atoms with van der Waals surface area (Å²) in [5.41, 5.74) is 10.1. The highest BCUT2D eigenvalue weighted by Crippen LogP contribution is 2.28. The number of halogens is 1. The van der Waals surface area contributed by atoms with Crippen molar-refractivity contribution in [2.24, 2.45) is 5.10 Å². The molecule has 0 aromatic heterocycles. The third kappa shape index (κ3) is 4.77. The summed E-state index contributed by atoms with van der Waals surface area (Å²) in [6, 6.07) is 12.2. The summed E-state index contributed by atoms with van der Waals surface area (Å²) in [4.78, 5) is 12.3. The number of para-hydroxylation sites is 1. The average Bonchev–Trinajstić information content (AvgIpc) is 3.15. The van der Waals surface area contributed by atoms with Crippen LogP contribution in [-0.2, 0) is 4.79 Å². The fourth-order valence-electron chi connectivity index (χ4n) is 2.80. The van der Waals surface area contributed by atoms with Gasteiger partial charge in [0.25, 0.3) is 5.91 Å². The van der Waals surface area contributed by atoms with Crippen LogP contribution in [0, 0.1) is 0 Å². The van der Waals surface area contributed by atoms with Gasteiger partial charge in [0.15, 0.2) is 11.5 Å². The van der Waals surface area contributed by atoms with E-state index in [1.165, 1.54) is 6.21 Å². The maximum absolute atomic E-state index is 12.3. The SMILES string of the molecule is CCOc1cccc(/C=N/NC(=O)C2CC(c3ccc(Cl)cc3)NN2)c1O. The highest BCUT2D eigenvalue weighted by molar-refractivity contribution is 6.30. The second kappa shape index (κ2) is 8.85. The number of nitrogens with one attached hydrogen (secondary N) is 3. The quantitative estimate of drug-likeness (QED) is 0.450. The molecule has 0 spiro atoms. The molecule has 8 heteroatoms. The molecule has 3 rings (SSSR count). The summed E-state index contributed by atoms with van der Waals surface area (Å²) >= 11 is 5.90. The van der Waals surface area contributed by atoms with Gasteiger partial charge in [0.2, 0.25) is 0 Å². The molecule has 2 unspecified atom stereocenters. The van der Waals surface area contributed by atoms with Crippen molar-refractivity contribution in [1.29, 1.82) is 0 Å². The van der Waals surface area contributed by atoms with Crippen LogP contribution in [-0.4, -0.2) is 29.9 Å². The maximum Gasteiger partial charge on any atom is 0.258 e. The van der Waals surface area contributed by atoms with Crippen LogP contribution in [0.1, 0.15) is 30.5 Å². The Morgan fingerprint density at radius 2 is 2.11 bits per heavy atom. The zero-order valence-corrected chi connectivity index (χ0v) is 15.5. The van der Waals surface area contributed by atoms with Gasteiger partial charge in [0.05, 0.1) is 12.8 Å². The first-order chi connectivity index (χ1) is 13.1. The number of ether oxygens (including phenoxy) is 1. The van der Waals surface area contributed by atoms with Crippen LogP contribution in [0.5, 0.6) is 11.5 Å². The van der Waals surface area contributed by atoms with Gasteiger partial charge in [-0.2, -0.15) is 5.10 Å². The minimum Gasteiger partial charge on any atom is -0.504 e. The van der Waals surface area contributed by atoms with Gasteiger partial charge in [-0.05, 0) is 43.2 Å². The molecule has 1 saturated heterocycles. The summed E-state index contributed by atoms with van der Waals surface area (Å²) in [6.45, 7) is 2.28. The molecule has 1 fully saturated rings. The molecule has 0 radical (unpaired) electrons. The Labute approximate surface area is 162 Å². The normalized spacial score (nSPS) is 19.3. The number of amides is 1. The van der Waals surface area contributed by atoms with Gasteiger partial charge in [-0.15, -0.1) is 0 Å². The van der Waals surface area contributed by atoms with Crippen molar-refractivity contribution in [2.75, 3.05) is 6.61 Å². The molecule has 1 aliphatic heterocycles. The standard InChI is InChI=1S/C19H21ClN4O3/c1-2-27-17-5-3-4-13(18(17)25)11-21-24-19(26)16-10-15(22-23-16)12-6-8-14(20)9-7-12/h3-9,11,15-16,22-23,25H,2,10H2,1H3,(H,24,26)/b21-11+. The van der Waals surface area contributed by atoms with Crippen LogP contribution in [0.25, 0.3) is 0 Å². The van der Waals surface area contributed by atoms with Crippen LogP contribution < -0.4 is 21.0 Å². The number of phenols is 1. The van der Waals surface area contributed by atoms with Gasteiger partial charge in [0.1, 0.15) is 6.04 Å². The number of hydrazone groups is 1. The molecule has 0 aliphatic carbocycles. The Kier molecular flexibility index (Phi) is 6.28. The summed E-state index contributed by atoms with van der Waals surface area (Å²) < 4.78 is 5.32. The minimum atomic E-state index is -0.425. The van der Waals surface area contributed by atoms with E-state index in [1.807, 2.05) is 31.2 Å². The Bertz CT molecular complexity index is 826. The number of carbonyl (C=O) groups excluding carboxylic acids is 1. The van der Waals surface area contributed by atoms with Crippen LogP contribution >= 0.6 is 11.6 Å². The zero-order chi connectivity index (χ0) is 19.2. The third-order valence-electron chi connectivity index (χ3n) is 4.20. The number of hydrogen-bond donors (Lipinski definition) is 4. The van der Waals surface area contributed by atoms with Crippen LogP contribution in [0.4, 0.5) is 0 Å². The summed E-state index contributed by atoms with van der Waals surface area (Å²) in [7, 11) is 0. The number of aromatic hydroxyl groups is 1. The molecule has 0 saturated carbocycles. The lowest BCUT2D eigenvalue weighted by Crippen LogP contribution is -2.41. The second-order valence-corrected chi connectivity index (χ2v) is 6.48. The van der Waals surface area contributed by atoms with E-state index < -0.39 is 6.04 Å². The molecule has 2 aromatic carbocycles. The van der Waals surface area contributed by atoms with Gasteiger partial charge in [-0.25, -0.2) is 16.3 Å². The third-order valence-corrected chi connectivity index (χ3v) is 4.45. The molecule has 1 heterocycles. The Morgan fingerprint density at radius 1 is 1.33 bits per heavy atom. The highest BCUT2D eigenvalue weighted by Gasteiger charge is 2.29. The summed E-state index contributed by atoms with van der Waals surface area (Å²) in [5, 5.41) is 14.7. The average molecular weight is 389 g/mol. The van der Waals surface area contributed by atoms with E-state index in [0.717, 1.165) is 5.56 Å². The van der Waals surface area contributed by atoms with E-state index in [9.17, 15) is 9.90 Å². The van der Waals surface area contributed by atoms with E-state index in [2.05, 4.69) is 21.4 Å². The highest BCUT2D eigenvalue weighted by atomic mass is 35.5. The van der Waals surface area contributed by atoms with Gasteiger partial charge >= 0.3 is 0 Å². The Balaban J connectivity index is 1.56. The van der Waals surface area contributed by atoms with Crippen molar-refractivity contribution in [3.63, 3.8) is 0 Å². The van der Waals surface area contributed by atoms with Crippen LogP contribution in [0.3, 0.4) is 0 Å². The lowest BCUT2D eigenvalue weighted by molar-refractivity contribution is -0.122. The molecular formula is C19H21ClN4O3. The molecule has 2 atom stereocenters. The monoisotopic (exact) mass is 388 g/mol. The molecule has 0 bridgehead atoms. The molecule has 27 heavy (non-hydrogen) atoms. The van der Waals surface area contributed by atoms with Crippen LogP contribution in [0.15, 0.2) is 47.6 Å². The lowest BCUT2D eigenvalue weighted by atomic mass is 10.0. The summed E-state index contributed by atoms with van der Waals surface area (Å²) in [6.07, 6.45) is 1.96. The van der Waals surface area contributed by atoms with E-state index in [4.69, 9.17) is 16.3 Å². The largest absolute Gasteiger partial charge is 0.504 e. The zero-order valence-electron chi connectivity index (χ0n) is 14.8. The first-order valence-electron chi connectivity index (χ1n) is 8.62. The molecule has 142 valence electrons. The molecular weight excluding hydrogens is 368 g/mol. The molecule has 1 amide bonds. The first-order valence-corrected chi connectivity index (χ1v) is 9.00. The summed E-state index contributed by atoms with van der Waals surface area (Å²) in [5.74, 6) is 0.0942. The van der Waals surface area contributed by atoms with Crippen molar-refractivity contribution in [3.05, 3.63) is 58.6 Å². The molecule has 4 N–H and O–H groups in total. The molecule has 1 aliphatic rings. The number of rotatable bonds is 6. The lowest BCUT2D eigenvalue weighted by Gasteiger charge is -2.09. The van der Waals surface area contributed by atoms with Crippen molar-refractivity contribution in [2.45, 2.75) is 25.4 Å². The smallest absolute Gasteiger partial charge is 0.258 e. The van der Waals surface area contributed by atoms with Crippen LogP contribution in [0.2, 0.25) is 5.02 Å². The predicted octanol–water partition coefficient (Wildman–Crippen LogP) is 2.50. The topological polar surface area (TPSA) is 95.0 Å². The van der Waals surface area contributed by atoms with Gasteiger partial charge in [-0.3, -0.25) is 4.79 Å². The molecule has 2 aromatic rings. The number of phenolic OH excluding ortho intramolecular Hbond substituents is 1. The Morgan fingerprint density at radius 3 is 2.85 bits per heavy atom. The van der Waals surface area contributed by atoms with Gasteiger partial charge in [-0.1, -0.05) is 29.8 Å². The predicted molar refractivity (Wildman–Crippen MR) is 104 cm³/mol. The second-order valence-electron chi connectivity index (χ2n) is 6.04. The van der Waals surface area contributed by atoms with Crippen molar-refractivity contribution in [1.82, 2.24) is 16.3 Å². The van der Waals surface area contributed by atoms with Gasteiger partial charge in [0, 0.05) is 16.6 Å². The van der Waals surface area contributed by atoms with Crippen molar-refractivity contribution < 1.29 is 14.6 Å². The fourth-order valence-corrected chi connectivity index (χ4v) is 2.93. The van der Waals surface area contributed by atoms with E-state index in [0.29, 0.717) is 29.4 Å². The first kappa shape index (κ1) is 19.2. The minimum absolute atomic E-state index is 0.00825. The molecule has 7 nitrogen and oxygen atoms in total. The Hall–Kier alpha value is -2.61. The number of benzene rings is 2. The maximum atomic E-state index is 12.3. The number of hydrazine groups is 1. The number of hydrogen-bond acceptors (Lipinski definition) is 6. The fraction of sp³-hybridized carbons (Fsp3) is 0.263. The van der Waals surface area contributed by atoms with E-state index >= 15 is 0 Å². The van der Waals surface area contributed by atoms with Crippen molar-refractivity contribution in [3.8, 4) is 11.5 Å².